The van der Waals surface area contributed by atoms with E-state index in [1.807, 2.05) is 11.8 Å². The first-order chi connectivity index (χ1) is 7.24. The molecule has 0 aromatic carbocycles. The van der Waals surface area contributed by atoms with Crippen LogP contribution >= 0.6 is 11.8 Å². The number of amides is 1. The third-order valence-electron chi connectivity index (χ3n) is 2.48. The number of carbonyl (C=O) groups is 1. The van der Waals surface area contributed by atoms with Gasteiger partial charge in [-0.25, -0.2) is 0 Å². The molecule has 1 rings (SSSR count). The summed E-state index contributed by atoms with van der Waals surface area (Å²) in [6.07, 6.45) is 2.60. The summed E-state index contributed by atoms with van der Waals surface area (Å²) in [6, 6.07) is -0.0540. The predicted octanol–water partition coefficient (Wildman–Crippen LogP) is 0.362. The zero-order chi connectivity index (χ0) is 11.1. The van der Waals surface area contributed by atoms with Gasteiger partial charge in [-0.1, -0.05) is 0 Å². The van der Waals surface area contributed by atoms with E-state index >= 15 is 0 Å². The van der Waals surface area contributed by atoms with Crippen LogP contribution in [-0.2, 0) is 9.53 Å². The van der Waals surface area contributed by atoms with Crippen molar-refractivity contribution in [3.05, 3.63) is 0 Å². The summed E-state index contributed by atoms with van der Waals surface area (Å²) in [6.45, 7) is 0.667. The molecule has 1 heterocycles. The number of rotatable bonds is 6. The van der Waals surface area contributed by atoms with Gasteiger partial charge in [0.1, 0.15) is 0 Å². The Bertz CT molecular complexity index is 196. The quantitative estimate of drug-likeness (QED) is 0.649. The van der Waals surface area contributed by atoms with Crippen molar-refractivity contribution in [2.24, 2.45) is 5.73 Å². The van der Waals surface area contributed by atoms with Crippen LogP contribution in [0.1, 0.15) is 19.3 Å². The molecule has 88 valence electrons. The van der Waals surface area contributed by atoms with Crippen molar-refractivity contribution >= 4 is 17.7 Å². The van der Waals surface area contributed by atoms with Gasteiger partial charge >= 0.3 is 0 Å². The molecule has 1 fully saturated rings. The van der Waals surface area contributed by atoms with Crippen molar-refractivity contribution in [3.63, 3.8) is 0 Å². The van der Waals surface area contributed by atoms with Crippen LogP contribution in [0.25, 0.3) is 0 Å². The Morgan fingerprint density at radius 3 is 3.13 bits per heavy atom. The highest BCUT2D eigenvalue weighted by Gasteiger charge is 2.20. The van der Waals surface area contributed by atoms with Crippen LogP contribution in [0.3, 0.4) is 0 Å². The molecule has 4 nitrogen and oxygen atoms in total. The third kappa shape index (κ3) is 4.86. The zero-order valence-corrected chi connectivity index (χ0v) is 10.0. The number of hydrogen-bond donors (Lipinski definition) is 2. The molecule has 1 amide bonds. The molecule has 0 spiro atoms. The van der Waals surface area contributed by atoms with Crippen LogP contribution in [0.4, 0.5) is 0 Å². The van der Waals surface area contributed by atoms with Crippen molar-refractivity contribution in [1.82, 2.24) is 5.32 Å². The Labute approximate surface area is 95.3 Å². The van der Waals surface area contributed by atoms with Gasteiger partial charge in [0.2, 0.25) is 5.91 Å². The minimum absolute atomic E-state index is 0.0152. The number of ether oxygens (including phenoxy) is 1. The van der Waals surface area contributed by atoms with Crippen molar-refractivity contribution in [1.29, 1.82) is 0 Å². The Balaban J connectivity index is 2.14. The summed E-state index contributed by atoms with van der Waals surface area (Å²) in [5.74, 6) is 2.15. The highest BCUT2D eigenvalue weighted by molar-refractivity contribution is 7.99. The molecule has 2 atom stereocenters. The maximum Gasteiger partial charge on any atom is 0.237 e. The lowest BCUT2D eigenvalue weighted by atomic mass is 10.1. The van der Waals surface area contributed by atoms with Gasteiger partial charge < -0.3 is 15.8 Å². The fourth-order valence-corrected chi connectivity index (χ4v) is 2.69. The summed E-state index contributed by atoms with van der Waals surface area (Å²) >= 11 is 1.88. The molecule has 0 bridgehead atoms. The van der Waals surface area contributed by atoms with E-state index in [9.17, 15) is 4.79 Å². The molecule has 5 heteroatoms. The number of carbonyl (C=O) groups excluding carboxylic acids is 1. The van der Waals surface area contributed by atoms with Gasteiger partial charge in [0, 0.05) is 25.5 Å². The summed E-state index contributed by atoms with van der Waals surface area (Å²) in [4.78, 5) is 11.6. The predicted molar refractivity (Wildman–Crippen MR) is 63.0 cm³/mol. The van der Waals surface area contributed by atoms with Crippen LogP contribution in [-0.4, -0.2) is 43.2 Å². The molecule has 1 saturated heterocycles. The van der Waals surface area contributed by atoms with E-state index in [2.05, 4.69) is 5.32 Å². The minimum Gasteiger partial charge on any atom is -0.385 e. The molecule has 0 aromatic heterocycles. The number of methoxy groups -OCH3 is 1. The van der Waals surface area contributed by atoms with Gasteiger partial charge in [0.15, 0.2) is 0 Å². The lowest BCUT2D eigenvalue weighted by Crippen LogP contribution is -2.45. The molecule has 0 aromatic rings. The maximum atomic E-state index is 11.6. The summed E-state index contributed by atoms with van der Waals surface area (Å²) in [7, 11) is 1.65. The minimum atomic E-state index is -0.384. The highest BCUT2D eigenvalue weighted by Crippen LogP contribution is 2.17. The molecule has 1 aliphatic heterocycles. The second-order valence-electron chi connectivity index (χ2n) is 3.81. The first kappa shape index (κ1) is 12.8. The first-order valence-corrected chi connectivity index (χ1v) is 6.52. The molecule has 0 radical (unpaired) electrons. The lowest BCUT2D eigenvalue weighted by Gasteiger charge is -2.15. The van der Waals surface area contributed by atoms with Crippen LogP contribution in [0, 0.1) is 0 Å². The molecule has 0 saturated carbocycles. The SMILES string of the molecule is COCCCC(N)C(=O)NC1CCSC1. The summed E-state index contributed by atoms with van der Waals surface area (Å²) in [5, 5.41) is 2.98. The Kier molecular flexibility index (Phi) is 6.05. The Morgan fingerprint density at radius 2 is 2.53 bits per heavy atom. The molecule has 2 unspecified atom stereocenters. The van der Waals surface area contributed by atoms with E-state index in [4.69, 9.17) is 10.5 Å². The number of nitrogens with two attached hydrogens (primary N) is 1. The van der Waals surface area contributed by atoms with E-state index in [1.54, 1.807) is 7.11 Å². The smallest absolute Gasteiger partial charge is 0.237 e. The largest absolute Gasteiger partial charge is 0.385 e. The van der Waals surface area contributed by atoms with Crippen LogP contribution in [0.5, 0.6) is 0 Å². The van der Waals surface area contributed by atoms with Crippen LogP contribution in [0.2, 0.25) is 0 Å². The third-order valence-corrected chi connectivity index (χ3v) is 3.64. The van der Waals surface area contributed by atoms with Gasteiger partial charge in [-0.05, 0) is 25.0 Å². The van der Waals surface area contributed by atoms with Crippen molar-refractivity contribution in [2.75, 3.05) is 25.2 Å². The lowest BCUT2D eigenvalue weighted by molar-refractivity contribution is -0.123. The number of thioether (sulfide) groups is 1. The van der Waals surface area contributed by atoms with Crippen molar-refractivity contribution in [3.8, 4) is 0 Å². The van der Waals surface area contributed by atoms with Gasteiger partial charge in [-0.15, -0.1) is 0 Å². The fraction of sp³-hybridized carbons (Fsp3) is 0.900. The van der Waals surface area contributed by atoms with Gasteiger partial charge in [-0.3, -0.25) is 4.79 Å². The average molecular weight is 232 g/mol. The van der Waals surface area contributed by atoms with Gasteiger partial charge in [-0.2, -0.15) is 11.8 Å². The Morgan fingerprint density at radius 1 is 1.73 bits per heavy atom. The molecule has 15 heavy (non-hydrogen) atoms. The summed E-state index contributed by atoms with van der Waals surface area (Å²) < 4.78 is 4.91. The first-order valence-electron chi connectivity index (χ1n) is 5.36. The van der Waals surface area contributed by atoms with E-state index in [0.29, 0.717) is 19.1 Å². The van der Waals surface area contributed by atoms with E-state index in [0.717, 1.165) is 24.3 Å². The molecule has 0 aliphatic carbocycles. The zero-order valence-electron chi connectivity index (χ0n) is 9.20. The topological polar surface area (TPSA) is 64.3 Å². The molecule has 1 aliphatic rings. The van der Waals surface area contributed by atoms with Gasteiger partial charge in [0.25, 0.3) is 0 Å². The maximum absolute atomic E-state index is 11.6. The van der Waals surface area contributed by atoms with E-state index < -0.39 is 0 Å². The Hall–Kier alpha value is -0.260. The summed E-state index contributed by atoms with van der Waals surface area (Å²) in [5.41, 5.74) is 5.76. The van der Waals surface area contributed by atoms with Crippen molar-refractivity contribution in [2.45, 2.75) is 31.3 Å². The second-order valence-corrected chi connectivity index (χ2v) is 4.96. The van der Waals surface area contributed by atoms with E-state index in [1.165, 1.54) is 0 Å². The van der Waals surface area contributed by atoms with Crippen LogP contribution < -0.4 is 11.1 Å². The average Bonchev–Trinajstić information content (AvgIpc) is 2.70. The van der Waals surface area contributed by atoms with Crippen molar-refractivity contribution < 1.29 is 9.53 Å². The molecular formula is C10H20N2O2S. The monoisotopic (exact) mass is 232 g/mol. The molecular weight excluding hydrogens is 212 g/mol. The van der Waals surface area contributed by atoms with E-state index in [-0.39, 0.29) is 11.9 Å². The number of hydrogen-bond acceptors (Lipinski definition) is 4. The highest BCUT2D eigenvalue weighted by atomic mass is 32.2. The molecule has 3 N–H and O–H groups in total. The van der Waals surface area contributed by atoms with Crippen LogP contribution in [0.15, 0.2) is 0 Å². The second kappa shape index (κ2) is 7.09. The normalized spacial score (nSPS) is 22.7. The number of nitrogens with one attached hydrogen (secondary N) is 1. The standard InChI is InChI=1S/C10H20N2O2S/c1-14-5-2-3-9(11)10(13)12-8-4-6-15-7-8/h8-9H,2-7,11H2,1H3,(H,12,13). The fourth-order valence-electron chi connectivity index (χ4n) is 1.54. The van der Waals surface area contributed by atoms with Gasteiger partial charge in [0.05, 0.1) is 6.04 Å².